The SMILES string of the molecule is N#CC(=CC1CC1)C(=O)N1CCC[C@@H](n2nc(-c3ccc(Oc4ccc(F)c(F)c4)nc3)c3c(N)ncnc32)C1. The first-order valence-electron chi connectivity index (χ1n) is 12.9. The molecule has 1 saturated carbocycles. The first-order chi connectivity index (χ1) is 19.4. The molecule has 4 heterocycles. The molecule has 1 aromatic carbocycles. The maximum atomic E-state index is 13.5. The Morgan fingerprint density at radius 1 is 1.12 bits per heavy atom. The number of pyridine rings is 1. The van der Waals surface area contributed by atoms with Crippen LogP contribution in [0.25, 0.3) is 22.3 Å². The van der Waals surface area contributed by atoms with Crippen molar-refractivity contribution < 1.29 is 18.3 Å². The van der Waals surface area contributed by atoms with Crippen LogP contribution in [-0.2, 0) is 4.79 Å². The average Bonchev–Trinajstić information content (AvgIpc) is 3.71. The van der Waals surface area contributed by atoms with Crippen molar-refractivity contribution in [1.82, 2.24) is 29.6 Å². The average molecular weight is 543 g/mol. The number of nitriles is 1. The molecule has 1 saturated heterocycles. The van der Waals surface area contributed by atoms with Gasteiger partial charge in [0.1, 0.15) is 35.2 Å². The van der Waals surface area contributed by atoms with Gasteiger partial charge in [-0.2, -0.15) is 10.4 Å². The van der Waals surface area contributed by atoms with Crippen molar-refractivity contribution in [2.45, 2.75) is 31.7 Å². The number of nitrogens with two attached hydrogens (primary N) is 1. The Bertz CT molecular complexity index is 1670. The Kier molecular flexibility index (Phi) is 6.55. The highest BCUT2D eigenvalue weighted by molar-refractivity contribution is 5.98. The lowest BCUT2D eigenvalue weighted by Crippen LogP contribution is -2.41. The summed E-state index contributed by atoms with van der Waals surface area (Å²) in [6, 6.07) is 8.41. The van der Waals surface area contributed by atoms with E-state index < -0.39 is 11.6 Å². The van der Waals surface area contributed by atoms with Gasteiger partial charge in [0.05, 0.1) is 11.4 Å². The number of benzene rings is 1. The van der Waals surface area contributed by atoms with E-state index in [1.54, 1.807) is 27.8 Å². The normalized spacial score (nSPS) is 17.6. The summed E-state index contributed by atoms with van der Waals surface area (Å²) in [5.74, 6) is -1.40. The van der Waals surface area contributed by atoms with Crippen LogP contribution in [0.4, 0.5) is 14.6 Å². The van der Waals surface area contributed by atoms with E-state index in [4.69, 9.17) is 15.6 Å². The lowest BCUT2D eigenvalue weighted by Gasteiger charge is -2.32. The lowest BCUT2D eigenvalue weighted by molar-refractivity contribution is -0.128. The third-order valence-electron chi connectivity index (χ3n) is 7.05. The molecule has 12 heteroatoms. The van der Waals surface area contributed by atoms with Crippen LogP contribution in [0.2, 0.25) is 0 Å². The van der Waals surface area contributed by atoms with Gasteiger partial charge in [-0.15, -0.1) is 0 Å². The molecule has 1 aliphatic carbocycles. The predicted molar refractivity (Wildman–Crippen MR) is 141 cm³/mol. The molecule has 2 aliphatic rings. The number of anilines is 1. The van der Waals surface area contributed by atoms with Gasteiger partial charge in [-0.1, -0.05) is 6.08 Å². The molecule has 6 rings (SSSR count). The Hall–Kier alpha value is -4.92. The molecular formula is C28H24F2N8O2. The topological polar surface area (TPSA) is 136 Å². The number of rotatable bonds is 6. The van der Waals surface area contributed by atoms with Crippen LogP contribution >= 0.6 is 0 Å². The zero-order chi connectivity index (χ0) is 27.8. The summed E-state index contributed by atoms with van der Waals surface area (Å²) in [4.78, 5) is 27.7. The number of amides is 1. The van der Waals surface area contributed by atoms with E-state index in [9.17, 15) is 18.8 Å². The number of likely N-dealkylation sites (tertiary alicyclic amines) is 1. The number of carbonyl (C=O) groups is 1. The molecule has 202 valence electrons. The van der Waals surface area contributed by atoms with E-state index in [1.807, 2.05) is 0 Å². The summed E-state index contributed by atoms with van der Waals surface area (Å²) >= 11 is 0. The summed E-state index contributed by atoms with van der Waals surface area (Å²) in [5.41, 5.74) is 8.10. The van der Waals surface area contributed by atoms with Crippen LogP contribution in [0.1, 0.15) is 31.7 Å². The van der Waals surface area contributed by atoms with Gasteiger partial charge in [-0.3, -0.25) is 4.79 Å². The van der Waals surface area contributed by atoms with Crippen molar-refractivity contribution >= 4 is 22.8 Å². The minimum atomic E-state index is -1.02. The standard InChI is InChI=1S/C28H24F2N8O2/c29-21-7-6-20(11-22(21)30)40-23-8-5-17(13-33-23)25-24-26(32)34-15-35-27(24)38(36-25)19-2-1-9-37(14-19)28(39)18(12-31)10-16-3-4-16/h5-8,10-11,13,15-16,19H,1-4,9,14H2,(H2,32,34,35)/t19-/m1/s1. The largest absolute Gasteiger partial charge is 0.439 e. The predicted octanol–water partition coefficient (Wildman–Crippen LogP) is 4.56. The molecule has 10 nitrogen and oxygen atoms in total. The van der Waals surface area contributed by atoms with Crippen molar-refractivity contribution in [1.29, 1.82) is 5.26 Å². The molecule has 0 unspecified atom stereocenters. The monoisotopic (exact) mass is 542 g/mol. The second-order valence-electron chi connectivity index (χ2n) is 9.89. The number of fused-ring (bicyclic) bond motifs is 1. The Morgan fingerprint density at radius 2 is 1.98 bits per heavy atom. The van der Waals surface area contributed by atoms with Gasteiger partial charge in [0.25, 0.3) is 5.91 Å². The minimum Gasteiger partial charge on any atom is -0.439 e. The molecule has 40 heavy (non-hydrogen) atoms. The number of carbonyl (C=O) groups excluding carboxylic acids is 1. The summed E-state index contributed by atoms with van der Waals surface area (Å²) in [6.07, 6.45) is 8.22. The number of piperidine rings is 1. The van der Waals surface area contributed by atoms with E-state index in [2.05, 4.69) is 21.0 Å². The molecule has 2 N–H and O–H groups in total. The third kappa shape index (κ3) is 4.93. The number of allylic oxidation sites excluding steroid dienone is 1. The number of hydrogen-bond donors (Lipinski definition) is 1. The van der Waals surface area contributed by atoms with Crippen molar-refractivity contribution in [3.8, 4) is 29.0 Å². The number of hydrogen-bond acceptors (Lipinski definition) is 8. The van der Waals surface area contributed by atoms with Crippen LogP contribution in [-0.4, -0.2) is 48.6 Å². The molecule has 1 aliphatic heterocycles. The number of halogens is 2. The smallest absolute Gasteiger partial charge is 0.264 e. The number of ether oxygens (including phenoxy) is 1. The molecule has 3 aromatic heterocycles. The van der Waals surface area contributed by atoms with E-state index in [0.717, 1.165) is 37.8 Å². The van der Waals surface area contributed by atoms with Crippen LogP contribution in [0, 0.1) is 28.9 Å². The zero-order valence-electron chi connectivity index (χ0n) is 21.3. The van der Waals surface area contributed by atoms with Crippen LogP contribution in [0.5, 0.6) is 11.6 Å². The highest BCUT2D eigenvalue weighted by Gasteiger charge is 2.31. The first-order valence-corrected chi connectivity index (χ1v) is 12.9. The number of aromatic nitrogens is 5. The van der Waals surface area contributed by atoms with Gasteiger partial charge in [-0.25, -0.2) is 28.4 Å². The molecule has 0 bridgehead atoms. The third-order valence-corrected chi connectivity index (χ3v) is 7.05. The van der Waals surface area contributed by atoms with Crippen molar-refractivity contribution in [2.24, 2.45) is 5.92 Å². The van der Waals surface area contributed by atoms with E-state index >= 15 is 0 Å². The fourth-order valence-corrected chi connectivity index (χ4v) is 4.86. The van der Waals surface area contributed by atoms with E-state index in [1.165, 1.54) is 18.6 Å². The minimum absolute atomic E-state index is 0.106. The van der Waals surface area contributed by atoms with Gasteiger partial charge >= 0.3 is 0 Å². The quantitative estimate of drug-likeness (QED) is 0.277. The zero-order valence-corrected chi connectivity index (χ0v) is 21.3. The molecule has 4 aromatic rings. The summed E-state index contributed by atoms with van der Waals surface area (Å²) < 4.78 is 34.1. The van der Waals surface area contributed by atoms with Gasteiger partial charge < -0.3 is 15.4 Å². The van der Waals surface area contributed by atoms with E-state index in [0.29, 0.717) is 41.3 Å². The molecule has 0 spiro atoms. The Balaban J connectivity index is 1.29. The van der Waals surface area contributed by atoms with E-state index in [-0.39, 0.29) is 35.0 Å². The van der Waals surface area contributed by atoms with Crippen molar-refractivity contribution in [2.75, 3.05) is 18.8 Å². The molecule has 2 fully saturated rings. The summed E-state index contributed by atoms with van der Waals surface area (Å²) in [6.45, 7) is 0.938. The molecular weight excluding hydrogens is 518 g/mol. The number of nitrogens with zero attached hydrogens (tertiary/aromatic N) is 7. The highest BCUT2D eigenvalue weighted by atomic mass is 19.2. The summed E-state index contributed by atoms with van der Waals surface area (Å²) in [5, 5.41) is 14.9. The molecule has 1 amide bonds. The summed E-state index contributed by atoms with van der Waals surface area (Å²) in [7, 11) is 0. The van der Waals surface area contributed by atoms with Crippen LogP contribution < -0.4 is 10.5 Å². The number of nitrogen functional groups attached to an aromatic ring is 1. The molecule has 1 atom stereocenters. The Labute approximate surface area is 227 Å². The second-order valence-corrected chi connectivity index (χ2v) is 9.89. The lowest BCUT2D eigenvalue weighted by atomic mass is 10.0. The van der Waals surface area contributed by atoms with Gasteiger partial charge in [-0.05, 0) is 49.8 Å². The maximum Gasteiger partial charge on any atom is 0.264 e. The Morgan fingerprint density at radius 3 is 2.70 bits per heavy atom. The van der Waals surface area contributed by atoms with Gasteiger partial charge in [0.2, 0.25) is 5.88 Å². The van der Waals surface area contributed by atoms with Gasteiger partial charge in [0.15, 0.2) is 17.3 Å². The fraction of sp³-hybridized carbons (Fsp3) is 0.286. The maximum absolute atomic E-state index is 13.5. The van der Waals surface area contributed by atoms with Crippen LogP contribution in [0.15, 0.2) is 54.5 Å². The van der Waals surface area contributed by atoms with Crippen molar-refractivity contribution in [3.63, 3.8) is 0 Å². The highest BCUT2D eigenvalue weighted by Crippen LogP contribution is 2.35. The fourth-order valence-electron chi connectivity index (χ4n) is 4.86. The second kappa shape index (κ2) is 10.3. The van der Waals surface area contributed by atoms with Gasteiger partial charge in [0, 0.05) is 37.0 Å². The first kappa shape index (κ1) is 25.4. The van der Waals surface area contributed by atoms with Crippen LogP contribution in [0.3, 0.4) is 0 Å². The van der Waals surface area contributed by atoms with Crippen molar-refractivity contribution in [3.05, 3.63) is 66.1 Å². The molecule has 0 radical (unpaired) electrons.